The third kappa shape index (κ3) is 4.26. The lowest BCUT2D eigenvalue weighted by Crippen LogP contribution is -2.44. The SMILES string of the molecule is CC(CC1CC1)NC(=O)N[C@H](C(=O)O)c1ccccc1. The molecule has 1 unspecified atom stereocenters. The lowest BCUT2D eigenvalue weighted by atomic mass is 10.1. The number of hydrogen-bond donors (Lipinski definition) is 3. The third-order valence-corrected chi connectivity index (χ3v) is 3.42. The highest BCUT2D eigenvalue weighted by molar-refractivity contribution is 5.83. The maximum atomic E-state index is 11.9. The van der Waals surface area contributed by atoms with Crippen molar-refractivity contribution in [3.63, 3.8) is 0 Å². The topological polar surface area (TPSA) is 78.4 Å². The summed E-state index contributed by atoms with van der Waals surface area (Å²) in [4.78, 5) is 23.1. The molecule has 1 fully saturated rings. The highest BCUT2D eigenvalue weighted by Crippen LogP contribution is 2.33. The quantitative estimate of drug-likeness (QED) is 0.746. The summed E-state index contributed by atoms with van der Waals surface area (Å²) in [7, 11) is 0. The first-order chi connectivity index (χ1) is 9.56. The van der Waals surface area contributed by atoms with Gasteiger partial charge in [-0.1, -0.05) is 43.2 Å². The maximum Gasteiger partial charge on any atom is 0.330 e. The summed E-state index contributed by atoms with van der Waals surface area (Å²) in [5.74, 6) is -0.351. The highest BCUT2D eigenvalue weighted by atomic mass is 16.4. The van der Waals surface area contributed by atoms with Gasteiger partial charge in [-0.3, -0.25) is 0 Å². The second-order valence-electron chi connectivity index (χ2n) is 5.38. The number of nitrogens with one attached hydrogen (secondary N) is 2. The molecule has 5 nitrogen and oxygen atoms in total. The second-order valence-corrected chi connectivity index (χ2v) is 5.38. The summed E-state index contributed by atoms with van der Waals surface area (Å²) in [5, 5.41) is 14.5. The van der Waals surface area contributed by atoms with Crippen molar-refractivity contribution in [2.24, 2.45) is 5.92 Å². The smallest absolute Gasteiger partial charge is 0.330 e. The van der Waals surface area contributed by atoms with Crippen LogP contribution in [0.4, 0.5) is 4.79 Å². The van der Waals surface area contributed by atoms with Gasteiger partial charge in [0.2, 0.25) is 0 Å². The van der Waals surface area contributed by atoms with E-state index in [2.05, 4.69) is 10.6 Å². The monoisotopic (exact) mass is 276 g/mol. The summed E-state index contributed by atoms with van der Waals surface area (Å²) < 4.78 is 0. The lowest BCUT2D eigenvalue weighted by molar-refractivity contribution is -0.139. The van der Waals surface area contributed by atoms with Crippen molar-refractivity contribution in [3.8, 4) is 0 Å². The van der Waals surface area contributed by atoms with Gasteiger partial charge in [-0.05, 0) is 24.8 Å². The van der Waals surface area contributed by atoms with Crippen LogP contribution in [0.2, 0.25) is 0 Å². The van der Waals surface area contributed by atoms with Crippen LogP contribution in [-0.2, 0) is 4.79 Å². The Hall–Kier alpha value is -2.04. The number of amides is 2. The van der Waals surface area contributed by atoms with E-state index in [0.29, 0.717) is 5.56 Å². The van der Waals surface area contributed by atoms with E-state index in [9.17, 15) is 14.7 Å². The molecule has 1 aliphatic carbocycles. The summed E-state index contributed by atoms with van der Waals surface area (Å²) in [6, 6.07) is 7.28. The number of rotatable bonds is 6. The van der Waals surface area contributed by atoms with Gasteiger partial charge >= 0.3 is 12.0 Å². The van der Waals surface area contributed by atoms with Gasteiger partial charge in [0.25, 0.3) is 0 Å². The lowest BCUT2D eigenvalue weighted by Gasteiger charge is -2.18. The molecule has 108 valence electrons. The largest absolute Gasteiger partial charge is 0.479 e. The van der Waals surface area contributed by atoms with Gasteiger partial charge in [-0.15, -0.1) is 0 Å². The number of hydrogen-bond acceptors (Lipinski definition) is 2. The van der Waals surface area contributed by atoms with Crippen molar-refractivity contribution >= 4 is 12.0 Å². The average molecular weight is 276 g/mol. The van der Waals surface area contributed by atoms with Gasteiger partial charge < -0.3 is 15.7 Å². The number of carboxylic acids is 1. The van der Waals surface area contributed by atoms with Gasteiger partial charge in [-0.25, -0.2) is 9.59 Å². The van der Waals surface area contributed by atoms with E-state index >= 15 is 0 Å². The summed E-state index contributed by atoms with van der Waals surface area (Å²) in [6.07, 6.45) is 3.42. The molecule has 0 radical (unpaired) electrons. The van der Waals surface area contributed by atoms with Crippen LogP contribution in [0.25, 0.3) is 0 Å². The van der Waals surface area contributed by atoms with E-state index in [1.807, 2.05) is 6.92 Å². The Morgan fingerprint density at radius 2 is 1.90 bits per heavy atom. The zero-order valence-corrected chi connectivity index (χ0v) is 11.5. The van der Waals surface area contributed by atoms with Gasteiger partial charge in [-0.2, -0.15) is 0 Å². The zero-order chi connectivity index (χ0) is 14.5. The summed E-state index contributed by atoms with van der Waals surface area (Å²) in [6.45, 7) is 1.94. The van der Waals surface area contributed by atoms with E-state index in [-0.39, 0.29) is 6.04 Å². The second kappa shape index (κ2) is 6.41. The normalized spacial score (nSPS) is 17.1. The molecule has 1 aliphatic rings. The number of aliphatic carboxylic acids is 1. The molecule has 0 aliphatic heterocycles. The van der Waals surface area contributed by atoms with Crippen LogP contribution >= 0.6 is 0 Å². The van der Waals surface area contributed by atoms with Crippen LogP contribution in [0, 0.1) is 5.92 Å². The fraction of sp³-hybridized carbons (Fsp3) is 0.467. The standard InChI is InChI=1S/C15H20N2O3/c1-10(9-11-7-8-11)16-15(20)17-13(14(18)19)12-5-3-2-4-6-12/h2-6,10-11,13H,7-9H2,1H3,(H,18,19)(H2,16,17,20)/t10?,13-/m0/s1. The zero-order valence-electron chi connectivity index (χ0n) is 11.5. The van der Waals surface area contributed by atoms with Crippen LogP contribution in [0.5, 0.6) is 0 Å². The highest BCUT2D eigenvalue weighted by Gasteiger charge is 2.26. The van der Waals surface area contributed by atoms with Crippen molar-refractivity contribution < 1.29 is 14.7 Å². The Balaban J connectivity index is 1.90. The molecule has 3 N–H and O–H groups in total. The van der Waals surface area contributed by atoms with Crippen LogP contribution in [-0.4, -0.2) is 23.1 Å². The number of carbonyl (C=O) groups is 2. The Kier molecular flexibility index (Phi) is 4.61. The molecule has 2 amide bonds. The number of urea groups is 1. The predicted molar refractivity (Wildman–Crippen MR) is 75.3 cm³/mol. The van der Waals surface area contributed by atoms with Gasteiger partial charge in [0.15, 0.2) is 6.04 Å². The minimum atomic E-state index is -1.07. The molecule has 0 bridgehead atoms. The summed E-state index contributed by atoms with van der Waals surface area (Å²) >= 11 is 0. The molecule has 2 atom stereocenters. The van der Waals surface area contributed by atoms with E-state index in [1.54, 1.807) is 30.3 Å². The van der Waals surface area contributed by atoms with Gasteiger partial charge in [0.05, 0.1) is 0 Å². The third-order valence-electron chi connectivity index (χ3n) is 3.42. The molecule has 0 heterocycles. The van der Waals surface area contributed by atoms with Crippen LogP contribution < -0.4 is 10.6 Å². The van der Waals surface area contributed by atoms with E-state index in [4.69, 9.17) is 0 Å². The number of carbonyl (C=O) groups excluding carboxylic acids is 1. The fourth-order valence-electron chi connectivity index (χ4n) is 2.24. The van der Waals surface area contributed by atoms with E-state index in [0.717, 1.165) is 12.3 Å². The molecule has 0 spiro atoms. The first-order valence-corrected chi connectivity index (χ1v) is 6.91. The Bertz CT molecular complexity index is 471. The molecule has 1 saturated carbocycles. The van der Waals surface area contributed by atoms with Crippen LogP contribution in [0.15, 0.2) is 30.3 Å². The van der Waals surface area contributed by atoms with Crippen LogP contribution in [0.1, 0.15) is 37.8 Å². The first-order valence-electron chi connectivity index (χ1n) is 6.91. The van der Waals surface area contributed by atoms with E-state index < -0.39 is 18.0 Å². The molecule has 2 rings (SSSR count). The average Bonchev–Trinajstić information content (AvgIpc) is 3.20. The molecule has 5 heteroatoms. The molecule has 1 aromatic rings. The maximum absolute atomic E-state index is 11.9. The minimum Gasteiger partial charge on any atom is -0.479 e. The van der Waals surface area contributed by atoms with Crippen molar-refractivity contribution in [1.82, 2.24) is 10.6 Å². The first kappa shape index (κ1) is 14.4. The predicted octanol–water partition coefficient (Wildman–Crippen LogP) is 2.30. The molecular formula is C15H20N2O3. The minimum absolute atomic E-state index is 0.0627. The van der Waals surface area contributed by atoms with Gasteiger partial charge in [0, 0.05) is 6.04 Å². The molecule has 0 aromatic heterocycles. The van der Waals surface area contributed by atoms with Crippen molar-refractivity contribution in [2.45, 2.75) is 38.3 Å². The van der Waals surface area contributed by atoms with Crippen molar-refractivity contribution in [1.29, 1.82) is 0 Å². The summed E-state index contributed by atoms with van der Waals surface area (Å²) in [5.41, 5.74) is 0.560. The molecule has 20 heavy (non-hydrogen) atoms. The Morgan fingerprint density at radius 3 is 2.45 bits per heavy atom. The fourth-order valence-corrected chi connectivity index (χ4v) is 2.24. The van der Waals surface area contributed by atoms with Crippen LogP contribution in [0.3, 0.4) is 0 Å². The Labute approximate surface area is 118 Å². The van der Waals surface area contributed by atoms with Crippen molar-refractivity contribution in [2.75, 3.05) is 0 Å². The van der Waals surface area contributed by atoms with Crippen molar-refractivity contribution in [3.05, 3.63) is 35.9 Å². The number of benzene rings is 1. The molecular weight excluding hydrogens is 256 g/mol. The Morgan fingerprint density at radius 1 is 1.25 bits per heavy atom. The van der Waals surface area contributed by atoms with Gasteiger partial charge in [0.1, 0.15) is 0 Å². The number of carboxylic acid groups (broad SMARTS) is 1. The molecule has 0 saturated heterocycles. The molecule has 1 aromatic carbocycles. The van der Waals surface area contributed by atoms with E-state index in [1.165, 1.54) is 12.8 Å².